The minimum absolute atomic E-state index is 0.550. The predicted molar refractivity (Wildman–Crippen MR) is 75.8 cm³/mol. The van der Waals surface area contributed by atoms with Crippen molar-refractivity contribution in [2.24, 2.45) is 0 Å². The predicted octanol–water partition coefficient (Wildman–Crippen LogP) is 3.86. The molecule has 1 heterocycles. The minimum Gasteiger partial charge on any atom is -0.487 e. The molecule has 0 saturated carbocycles. The molecule has 2 aromatic rings. The van der Waals surface area contributed by atoms with Gasteiger partial charge in [-0.3, -0.25) is 0 Å². The van der Waals surface area contributed by atoms with Crippen LogP contribution in [-0.2, 0) is 13.2 Å². The van der Waals surface area contributed by atoms with E-state index in [1.165, 1.54) is 11.1 Å². The average Bonchev–Trinajstić information content (AvgIpc) is 2.80. The second kappa shape index (κ2) is 5.57. The molecule has 0 radical (unpaired) electrons. The average molecular weight is 309 g/mol. The highest BCUT2D eigenvalue weighted by molar-refractivity contribution is 9.10. The molecule has 0 unspecified atom stereocenters. The van der Waals surface area contributed by atoms with Gasteiger partial charge in [0.2, 0.25) is 0 Å². The molecule has 0 fully saturated rings. The Balaban J connectivity index is 2.11. The summed E-state index contributed by atoms with van der Waals surface area (Å²) in [5, 5.41) is 0. The van der Waals surface area contributed by atoms with Crippen molar-refractivity contribution in [2.45, 2.75) is 33.9 Å². The highest BCUT2D eigenvalue weighted by Crippen LogP contribution is 2.26. The zero-order chi connectivity index (χ0) is 13.1. The van der Waals surface area contributed by atoms with Crippen molar-refractivity contribution < 1.29 is 4.74 Å². The molecule has 0 amide bonds. The van der Waals surface area contributed by atoms with E-state index >= 15 is 0 Å². The number of imidazole rings is 1. The van der Waals surface area contributed by atoms with Crippen molar-refractivity contribution in [2.75, 3.05) is 0 Å². The van der Waals surface area contributed by atoms with Crippen LogP contribution in [0.5, 0.6) is 5.75 Å². The number of benzene rings is 1. The number of aromatic nitrogens is 2. The van der Waals surface area contributed by atoms with E-state index in [4.69, 9.17) is 4.74 Å². The molecule has 3 nitrogen and oxygen atoms in total. The van der Waals surface area contributed by atoms with Crippen molar-refractivity contribution in [1.82, 2.24) is 9.55 Å². The van der Waals surface area contributed by atoms with Gasteiger partial charge in [0.25, 0.3) is 0 Å². The second-order valence-corrected chi connectivity index (χ2v) is 5.12. The molecule has 0 spiro atoms. The van der Waals surface area contributed by atoms with Gasteiger partial charge in [0.1, 0.15) is 12.4 Å². The number of halogens is 1. The Bertz CT molecular complexity index is 525. The third-order valence-electron chi connectivity index (χ3n) is 2.94. The Labute approximate surface area is 116 Å². The van der Waals surface area contributed by atoms with Gasteiger partial charge in [0.05, 0.1) is 18.2 Å². The van der Waals surface area contributed by atoms with Crippen LogP contribution in [0.15, 0.2) is 29.1 Å². The van der Waals surface area contributed by atoms with E-state index in [1.54, 1.807) is 0 Å². The van der Waals surface area contributed by atoms with Crippen LogP contribution in [0.1, 0.15) is 23.7 Å². The number of aryl methyl sites for hydroxylation is 3. The standard InChI is InChI=1S/C14H17BrN2O/c1-4-17-9-16-7-12(17)8-18-13-5-10(2)14(15)11(3)6-13/h5-7,9H,4,8H2,1-3H3. The fourth-order valence-corrected chi connectivity index (χ4v) is 2.13. The Kier molecular flexibility index (Phi) is 4.07. The van der Waals surface area contributed by atoms with E-state index in [1.807, 2.05) is 24.7 Å². The quantitative estimate of drug-likeness (QED) is 0.857. The lowest BCUT2D eigenvalue weighted by Crippen LogP contribution is -2.04. The summed E-state index contributed by atoms with van der Waals surface area (Å²) < 4.78 is 9.06. The maximum atomic E-state index is 5.83. The monoisotopic (exact) mass is 308 g/mol. The highest BCUT2D eigenvalue weighted by atomic mass is 79.9. The highest BCUT2D eigenvalue weighted by Gasteiger charge is 2.05. The molecule has 0 aliphatic carbocycles. The topological polar surface area (TPSA) is 27.1 Å². The first-order valence-corrected chi connectivity index (χ1v) is 6.79. The van der Waals surface area contributed by atoms with Crippen molar-refractivity contribution in [3.8, 4) is 5.75 Å². The van der Waals surface area contributed by atoms with Crippen LogP contribution in [-0.4, -0.2) is 9.55 Å². The van der Waals surface area contributed by atoms with E-state index in [2.05, 4.69) is 46.3 Å². The summed E-state index contributed by atoms with van der Waals surface area (Å²) in [6.45, 7) is 7.70. The van der Waals surface area contributed by atoms with Crippen molar-refractivity contribution in [3.63, 3.8) is 0 Å². The van der Waals surface area contributed by atoms with Gasteiger partial charge in [-0.2, -0.15) is 0 Å². The summed E-state index contributed by atoms with van der Waals surface area (Å²) >= 11 is 3.56. The summed E-state index contributed by atoms with van der Waals surface area (Å²) in [6.07, 6.45) is 3.68. The maximum absolute atomic E-state index is 5.83. The first-order chi connectivity index (χ1) is 8.61. The molecule has 0 bridgehead atoms. The molecule has 4 heteroatoms. The van der Waals surface area contributed by atoms with Crippen LogP contribution in [0.2, 0.25) is 0 Å². The number of ether oxygens (including phenoxy) is 1. The maximum Gasteiger partial charge on any atom is 0.130 e. The van der Waals surface area contributed by atoms with Crippen molar-refractivity contribution in [3.05, 3.63) is 46.0 Å². The van der Waals surface area contributed by atoms with Crippen LogP contribution in [0.25, 0.3) is 0 Å². The van der Waals surface area contributed by atoms with Gasteiger partial charge in [0, 0.05) is 11.0 Å². The number of hydrogen-bond acceptors (Lipinski definition) is 2. The third kappa shape index (κ3) is 2.75. The van der Waals surface area contributed by atoms with E-state index in [-0.39, 0.29) is 0 Å². The summed E-state index contributed by atoms with van der Waals surface area (Å²) in [5.74, 6) is 0.900. The van der Waals surface area contributed by atoms with Crippen LogP contribution in [0.3, 0.4) is 0 Å². The van der Waals surface area contributed by atoms with E-state index < -0.39 is 0 Å². The first-order valence-electron chi connectivity index (χ1n) is 6.00. The molecule has 0 atom stereocenters. The van der Waals surface area contributed by atoms with Gasteiger partial charge in [-0.25, -0.2) is 4.98 Å². The smallest absolute Gasteiger partial charge is 0.130 e. The number of nitrogens with zero attached hydrogens (tertiary/aromatic N) is 2. The summed E-state index contributed by atoms with van der Waals surface area (Å²) in [5.41, 5.74) is 3.47. The van der Waals surface area contributed by atoms with E-state index in [0.29, 0.717) is 6.61 Å². The van der Waals surface area contributed by atoms with Crippen LogP contribution >= 0.6 is 15.9 Å². The normalized spacial score (nSPS) is 10.7. The molecular weight excluding hydrogens is 292 g/mol. The molecule has 2 rings (SSSR count). The van der Waals surface area contributed by atoms with E-state index in [9.17, 15) is 0 Å². The molecule has 0 aliphatic rings. The molecule has 0 aliphatic heterocycles. The largest absolute Gasteiger partial charge is 0.487 e. The molecular formula is C14H17BrN2O. The molecule has 18 heavy (non-hydrogen) atoms. The molecule has 0 saturated heterocycles. The summed E-state index contributed by atoms with van der Waals surface area (Å²) in [4.78, 5) is 4.13. The lowest BCUT2D eigenvalue weighted by molar-refractivity contribution is 0.295. The van der Waals surface area contributed by atoms with Gasteiger partial charge in [-0.15, -0.1) is 0 Å². The molecule has 0 N–H and O–H groups in total. The van der Waals surface area contributed by atoms with Crippen LogP contribution in [0.4, 0.5) is 0 Å². The fraction of sp³-hybridized carbons (Fsp3) is 0.357. The Morgan fingerprint density at radius 2 is 1.94 bits per heavy atom. The number of hydrogen-bond donors (Lipinski definition) is 0. The van der Waals surface area contributed by atoms with Gasteiger partial charge in [-0.1, -0.05) is 15.9 Å². The lowest BCUT2D eigenvalue weighted by atomic mass is 10.1. The van der Waals surface area contributed by atoms with Gasteiger partial charge in [0.15, 0.2) is 0 Å². The van der Waals surface area contributed by atoms with E-state index in [0.717, 1.165) is 22.5 Å². The third-order valence-corrected chi connectivity index (χ3v) is 4.19. The molecule has 96 valence electrons. The van der Waals surface area contributed by atoms with Gasteiger partial charge in [-0.05, 0) is 44.0 Å². The van der Waals surface area contributed by atoms with Crippen LogP contribution in [0, 0.1) is 13.8 Å². The Morgan fingerprint density at radius 1 is 1.28 bits per heavy atom. The summed E-state index contributed by atoms with van der Waals surface area (Å²) in [7, 11) is 0. The first kappa shape index (κ1) is 13.1. The van der Waals surface area contributed by atoms with Crippen molar-refractivity contribution >= 4 is 15.9 Å². The Morgan fingerprint density at radius 3 is 2.56 bits per heavy atom. The van der Waals surface area contributed by atoms with Crippen molar-refractivity contribution in [1.29, 1.82) is 0 Å². The fourth-order valence-electron chi connectivity index (χ4n) is 1.90. The lowest BCUT2D eigenvalue weighted by Gasteiger charge is -2.11. The zero-order valence-electron chi connectivity index (χ0n) is 10.9. The molecule has 1 aromatic carbocycles. The Hall–Kier alpha value is -1.29. The van der Waals surface area contributed by atoms with Crippen LogP contribution < -0.4 is 4.74 Å². The second-order valence-electron chi connectivity index (χ2n) is 4.33. The minimum atomic E-state index is 0.550. The molecule has 1 aromatic heterocycles. The van der Waals surface area contributed by atoms with Gasteiger partial charge < -0.3 is 9.30 Å². The van der Waals surface area contributed by atoms with Gasteiger partial charge >= 0.3 is 0 Å². The summed E-state index contributed by atoms with van der Waals surface area (Å²) in [6, 6.07) is 4.09. The zero-order valence-corrected chi connectivity index (χ0v) is 12.5. The number of rotatable bonds is 4. The SMILES string of the molecule is CCn1cncc1COc1cc(C)c(Br)c(C)c1.